The Morgan fingerprint density at radius 1 is 0.824 bits per heavy atom. The third-order valence-electron chi connectivity index (χ3n) is 6.86. The van der Waals surface area contributed by atoms with Crippen molar-refractivity contribution in [2.24, 2.45) is 0 Å². The van der Waals surface area contributed by atoms with Crippen LogP contribution < -0.4 is 4.74 Å². The minimum Gasteiger partial charge on any atom is -0.461 e. The quantitative estimate of drug-likeness (QED) is 0.379. The highest BCUT2D eigenvalue weighted by Gasteiger charge is 2.71. The fraction of sp³-hybridized carbons (Fsp3) is 0.385. The molecule has 3 aliphatic rings. The molecule has 0 radical (unpaired) electrons. The number of nitrogens with zero attached hydrogens (tertiary/aromatic N) is 3. The zero-order valence-electron chi connectivity index (χ0n) is 18.7. The van der Waals surface area contributed by atoms with Crippen LogP contribution in [-0.2, 0) is 23.2 Å². The highest BCUT2D eigenvalue weighted by molar-refractivity contribution is 5.39. The van der Waals surface area contributed by atoms with E-state index in [9.17, 15) is 13.2 Å². The number of hydrogen-bond acceptors (Lipinski definition) is 5. The lowest BCUT2D eigenvalue weighted by Gasteiger charge is -2.73. The first-order valence-corrected chi connectivity index (χ1v) is 11.4. The van der Waals surface area contributed by atoms with Crippen molar-refractivity contribution in [3.63, 3.8) is 0 Å². The van der Waals surface area contributed by atoms with Crippen LogP contribution >= 0.6 is 0 Å². The summed E-state index contributed by atoms with van der Waals surface area (Å²) in [7, 11) is 0. The van der Waals surface area contributed by atoms with Crippen molar-refractivity contribution in [3.8, 4) is 6.01 Å². The van der Waals surface area contributed by atoms with E-state index in [0.717, 1.165) is 38.0 Å². The minimum atomic E-state index is -4.67. The summed E-state index contributed by atoms with van der Waals surface area (Å²) in [4.78, 5) is 11.1. The summed E-state index contributed by atoms with van der Waals surface area (Å²) in [5.74, 6) is 0. The van der Waals surface area contributed by atoms with Crippen LogP contribution in [0.1, 0.15) is 36.1 Å². The summed E-state index contributed by atoms with van der Waals surface area (Å²) >= 11 is 0. The van der Waals surface area contributed by atoms with E-state index in [1.807, 2.05) is 18.2 Å². The molecule has 178 valence electrons. The van der Waals surface area contributed by atoms with Crippen LogP contribution in [0.15, 0.2) is 72.9 Å². The highest BCUT2D eigenvalue weighted by atomic mass is 19.4. The standard InChI is InChI=1S/C26H26F3N3O2/c27-26(28,29)34-14-13-33-23-30-12-11-22(31-23)24-17-25(18-24,19-24)32(15-20-7-3-1-4-8-20)16-21-9-5-2-6-10-21/h1-12H,13-19H2. The van der Waals surface area contributed by atoms with Crippen molar-refractivity contribution in [2.45, 2.75) is 49.7 Å². The van der Waals surface area contributed by atoms with E-state index in [1.54, 1.807) is 6.20 Å². The Hall–Kier alpha value is -2.97. The molecule has 0 atom stereocenters. The van der Waals surface area contributed by atoms with Gasteiger partial charge in [0.05, 0.1) is 12.3 Å². The monoisotopic (exact) mass is 469 g/mol. The molecule has 3 saturated carbocycles. The lowest BCUT2D eigenvalue weighted by Crippen LogP contribution is -2.76. The maximum atomic E-state index is 12.1. The molecule has 0 N–H and O–H groups in total. The molecular formula is C26H26F3N3O2. The van der Waals surface area contributed by atoms with Gasteiger partial charge in [0.25, 0.3) is 0 Å². The van der Waals surface area contributed by atoms with E-state index < -0.39 is 13.0 Å². The molecule has 5 nitrogen and oxygen atoms in total. The summed E-state index contributed by atoms with van der Waals surface area (Å²) in [5.41, 5.74) is 3.58. The summed E-state index contributed by atoms with van der Waals surface area (Å²) < 4.78 is 45.4. The molecule has 2 bridgehead atoms. The van der Waals surface area contributed by atoms with Crippen LogP contribution in [0.5, 0.6) is 6.01 Å². The van der Waals surface area contributed by atoms with Crippen molar-refractivity contribution in [1.82, 2.24) is 14.9 Å². The van der Waals surface area contributed by atoms with Crippen molar-refractivity contribution in [2.75, 3.05) is 13.2 Å². The molecule has 3 aliphatic carbocycles. The summed E-state index contributed by atoms with van der Waals surface area (Å²) in [5, 5.41) is 0. The van der Waals surface area contributed by atoms with E-state index in [1.165, 1.54) is 11.1 Å². The number of benzene rings is 2. The second kappa shape index (κ2) is 9.00. The Balaban J connectivity index is 1.25. The molecule has 3 fully saturated rings. The summed E-state index contributed by atoms with van der Waals surface area (Å²) in [6.07, 6.45) is -0.0768. The molecule has 6 rings (SSSR count). The fourth-order valence-corrected chi connectivity index (χ4v) is 5.34. The normalized spacial score (nSPS) is 23.3. The number of rotatable bonds is 10. The molecule has 34 heavy (non-hydrogen) atoms. The Morgan fingerprint density at radius 3 is 1.97 bits per heavy atom. The molecular weight excluding hydrogens is 443 g/mol. The molecule has 8 heteroatoms. The van der Waals surface area contributed by atoms with E-state index in [0.29, 0.717) is 0 Å². The van der Waals surface area contributed by atoms with E-state index in [4.69, 9.17) is 4.74 Å². The first-order valence-electron chi connectivity index (χ1n) is 11.4. The van der Waals surface area contributed by atoms with Crippen molar-refractivity contribution in [1.29, 1.82) is 0 Å². The van der Waals surface area contributed by atoms with Crippen molar-refractivity contribution < 1.29 is 22.6 Å². The number of ether oxygens (including phenoxy) is 2. The average Bonchev–Trinajstić information content (AvgIpc) is 2.76. The lowest BCUT2D eigenvalue weighted by molar-refractivity contribution is -0.325. The largest absolute Gasteiger partial charge is 0.522 e. The third-order valence-corrected chi connectivity index (χ3v) is 6.86. The van der Waals surface area contributed by atoms with Gasteiger partial charge in [-0.15, -0.1) is 13.2 Å². The van der Waals surface area contributed by atoms with Gasteiger partial charge in [0.2, 0.25) is 0 Å². The molecule has 1 aromatic heterocycles. The van der Waals surface area contributed by atoms with Gasteiger partial charge in [-0.3, -0.25) is 9.64 Å². The van der Waals surface area contributed by atoms with Gasteiger partial charge in [-0.05, 0) is 36.5 Å². The zero-order valence-corrected chi connectivity index (χ0v) is 18.7. The van der Waals surface area contributed by atoms with Crippen LogP contribution in [0.4, 0.5) is 13.2 Å². The molecule has 2 aromatic carbocycles. The maximum Gasteiger partial charge on any atom is 0.522 e. The average molecular weight is 470 g/mol. The van der Waals surface area contributed by atoms with Gasteiger partial charge in [0, 0.05) is 30.2 Å². The van der Waals surface area contributed by atoms with Crippen molar-refractivity contribution >= 4 is 0 Å². The second-order valence-corrected chi connectivity index (χ2v) is 9.23. The van der Waals surface area contributed by atoms with Crippen LogP contribution in [-0.4, -0.2) is 40.0 Å². The van der Waals surface area contributed by atoms with Crippen molar-refractivity contribution in [3.05, 3.63) is 89.7 Å². The van der Waals surface area contributed by atoms with E-state index >= 15 is 0 Å². The first-order chi connectivity index (χ1) is 16.4. The van der Waals surface area contributed by atoms with Crippen LogP contribution in [0.3, 0.4) is 0 Å². The van der Waals surface area contributed by atoms with Gasteiger partial charge in [-0.2, -0.15) is 4.98 Å². The van der Waals surface area contributed by atoms with Crippen LogP contribution in [0.2, 0.25) is 0 Å². The molecule has 0 saturated heterocycles. The second-order valence-electron chi connectivity index (χ2n) is 9.23. The van der Waals surface area contributed by atoms with Gasteiger partial charge in [-0.1, -0.05) is 60.7 Å². The zero-order chi connectivity index (χ0) is 23.7. The molecule has 3 aromatic rings. The molecule has 0 unspecified atom stereocenters. The summed E-state index contributed by atoms with van der Waals surface area (Å²) in [6.45, 7) is 0.896. The number of alkyl halides is 3. The number of halogens is 3. The van der Waals surface area contributed by atoms with Crippen LogP contribution in [0, 0.1) is 0 Å². The molecule has 0 spiro atoms. The predicted molar refractivity (Wildman–Crippen MR) is 120 cm³/mol. The molecule has 0 amide bonds. The summed E-state index contributed by atoms with van der Waals surface area (Å²) in [6, 6.07) is 23.0. The minimum absolute atomic E-state index is 0.0187. The smallest absolute Gasteiger partial charge is 0.461 e. The maximum absolute atomic E-state index is 12.1. The SMILES string of the molecule is FC(F)(F)OCCOc1nccc(C23CC(N(Cc4ccccc4)Cc4ccccc4)(C2)C3)n1. The number of aromatic nitrogens is 2. The van der Waals surface area contributed by atoms with E-state index in [2.05, 4.69) is 68.1 Å². The number of hydrogen-bond donors (Lipinski definition) is 0. The van der Waals surface area contributed by atoms with E-state index in [-0.39, 0.29) is 23.6 Å². The Bertz CT molecular complexity index is 1050. The fourth-order valence-electron chi connectivity index (χ4n) is 5.34. The molecule has 1 heterocycles. The predicted octanol–water partition coefficient (Wildman–Crippen LogP) is 5.27. The van der Waals surface area contributed by atoms with Gasteiger partial charge < -0.3 is 4.74 Å². The Kier molecular flexibility index (Phi) is 6.04. The third kappa shape index (κ3) is 4.79. The Labute approximate surface area is 196 Å². The van der Waals surface area contributed by atoms with Gasteiger partial charge in [0.15, 0.2) is 0 Å². The topological polar surface area (TPSA) is 47.5 Å². The van der Waals surface area contributed by atoms with Gasteiger partial charge in [-0.25, -0.2) is 4.98 Å². The first kappa shape index (κ1) is 22.8. The highest BCUT2D eigenvalue weighted by Crippen LogP contribution is 2.70. The lowest BCUT2D eigenvalue weighted by atomic mass is 9.37. The molecule has 0 aliphatic heterocycles. The van der Waals surface area contributed by atoms with Gasteiger partial charge in [0.1, 0.15) is 6.61 Å². The Morgan fingerprint density at radius 2 is 1.41 bits per heavy atom. The van der Waals surface area contributed by atoms with Gasteiger partial charge >= 0.3 is 12.4 Å². The van der Waals surface area contributed by atoms with Crippen LogP contribution in [0.25, 0.3) is 0 Å².